The van der Waals surface area contributed by atoms with Gasteiger partial charge in [0.2, 0.25) is 0 Å². The zero-order valence-corrected chi connectivity index (χ0v) is 8.83. The lowest BCUT2D eigenvalue weighted by atomic mass is 10.0. The summed E-state index contributed by atoms with van der Waals surface area (Å²) < 4.78 is 0. The van der Waals surface area contributed by atoms with Gasteiger partial charge in [-0.3, -0.25) is 0 Å². The molecule has 1 aromatic rings. The highest BCUT2D eigenvalue weighted by Gasteiger charge is 2.38. The molecule has 2 rings (SSSR count). The lowest BCUT2D eigenvalue weighted by molar-refractivity contribution is 0.0980. The highest BCUT2D eigenvalue weighted by atomic mass is 16.3. The highest BCUT2D eigenvalue weighted by molar-refractivity contribution is 5.47. The Bertz CT molecular complexity index is 422. The minimum absolute atomic E-state index is 0.353. The third kappa shape index (κ3) is 2.51. The first-order valence-corrected chi connectivity index (χ1v) is 5.19. The maximum atomic E-state index is 9.98. The van der Waals surface area contributed by atoms with E-state index in [1.54, 1.807) is 6.92 Å². The van der Waals surface area contributed by atoms with Crippen molar-refractivity contribution in [2.24, 2.45) is 5.92 Å². The fourth-order valence-corrected chi connectivity index (χ4v) is 1.56. The van der Waals surface area contributed by atoms with Gasteiger partial charge in [0, 0.05) is 11.3 Å². The first kappa shape index (κ1) is 10.1. The van der Waals surface area contributed by atoms with E-state index >= 15 is 0 Å². The molecule has 0 amide bonds. The first-order valence-electron chi connectivity index (χ1n) is 5.19. The van der Waals surface area contributed by atoms with Crippen LogP contribution in [-0.2, 0) is 0 Å². The molecule has 1 saturated carbocycles. The van der Waals surface area contributed by atoms with E-state index < -0.39 is 5.60 Å². The Hall–Kier alpha value is -1.46. The SMILES string of the molecule is CC(O)(C#Cc1cccc(N)c1)C1CC1. The van der Waals surface area contributed by atoms with E-state index in [0.29, 0.717) is 11.6 Å². The van der Waals surface area contributed by atoms with Crippen LogP contribution in [0.2, 0.25) is 0 Å². The molecule has 1 aliphatic carbocycles. The lowest BCUT2D eigenvalue weighted by Gasteiger charge is -2.14. The Morgan fingerprint density at radius 3 is 2.80 bits per heavy atom. The summed E-state index contributed by atoms with van der Waals surface area (Å²) in [6.45, 7) is 1.78. The van der Waals surface area contributed by atoms with E-state index in [4.69, 9.17) is 5.73 Å². The van der Waals surface area contributed by atoms with Crippen molar-refractivity contribution in [1.82, 2.24) is 0 Å². The van der Waals surface area contributed by atoms with Gasteiger partial charge >= 0.3 is 0 Å². The van der Waals surface area contributed by atoms with Crippen molar-refractivity contribution in [3.63, 3.8) is 0 Å². The summed E-state index contributed by atoms with van der Waals surface area (Å²) in [7, 11) is 0. The second-order valence-electron chi connectivity index (χ2n) is 4.30. The molecule has 0 bridgehead atoms. The van der Waals surface area contributed by atoms with Crippen LogP contribution < -0.4 is 5.73 Å². The molecule has 0 heterocycles. The van der Waals surface area contributed by atoms with Gasteiger partial charge in [-0.1, -0.05) is 17.9 Å². The molecule has 15 heavy (non-hydrogen) atoms. The van der Waals surface area contributed by atoms with Crippen molar-refractivity contribution < 1.29 is 5.11 Å². The molecule has 0 radical (unpaired) electrons. The number of hydrogen-bond acceptors (Lipinski definition) is 2. The summed E-state index contributed by atoms with van der Waals surface area (Å²) in [6, 6.07) is 7.40. The van der Waals surface area contributed by atoms with Crippen molar-refractivity contribution in [2.45, 2.75) is 25.4 Å². The summed E-state index contributed by atoms with van der Waals surface area (Å²) in [5.41, 5.74) is 6.36. The smallest absolute Gasteiger partial charge is 0.125 e. The van der Waals surface area contributed by atoms with Crippen LogP contribution in [0.4, 0.5) is 5.69 Å². The maximum Gasteiger partial charge on any atom is 0.125 e. The molecule has 0 spiro atoms. The second kappa shape index (κ2) is 3.60. The quantitative estimate of drug-likeness (QED) is 0.537. The molecule has 1 atom stereocenters. The monoisotopic (exact) mass is 201 g/mol. The first-order chi connectivity index (χ1) is 7.08. The number of rotatable bonds is 1. The topological polar surface area (TPSA) is 46.2 Å². The number of aliphatic hydroxyl groups is 1. The molecule has 2 nitrogen and oxygen atoms in total. The van der Waals surface area contributed by atoms with Gasteiger partial charge in [-0.05, 0) is 43.9 Å². The van der Waals surface area contributed by atoms with Gasteiger partial charge in [-0.15, -0.1) is 0 Å². The predicted molar refractivity (Wildman–Crippen MR) is 61.1 cm³/mol. The fraction of sp³-hybridized carbons (Fsp3) is 0.385. The van der Waals surface area contributed by atoms with E-state index in [2.05, 4.69) is 11.8 Å². The van der Waals surface area contributed by atoms with Crippen molar-refractivity contribution in [3.05, 3.63) is 29.8 Å². The summed E-state index contributed by atoms with van der Waals surface area (Å²) in [5, 5.41) is 9.98. The maximum absolute atomic E-state index is 9.98. The average Bonchev–Trinajstić information content (AvgIpc) is 2.98. The molecule has 3 N–H and O–H groups in total. The van der Waals surface area contributed by atoms with Gasteiger partial charge in [0.05, 0.1) is 0 Å². The number of nitrogens with two attached hydrogens (primary N) is 1. The van der Waals surface area contributed by atoms with E-state index in [1.807, 2.05) is 24.3 Å². The van der Waals surface area contributed by atoms with Gasteiger partial charge in [-0.2, -0.15) is 0 Å². The molecule has 0 aliphatic heterocycles. The Morgan fingerprint density at radius 2 is 2.20 bits per heavy atom. The average molecular weight is 201 g/mol. The Kier molecular flexibility index (Phi) is 2.42. The lowest BCUT2D eigenvalue weighted by Crippen LogP contribution is -2.24. The molecular weight excluding hydrogens is 186 g/mol. The van der Waals surface area contributed by atoms with Crippen LogP contribution in [0.1, 0.15) is 25.3 Å². The second-order valence-corrected chi connectivity index (χ2v) is 4.30. The Balaban J connectivity index is 2.17. The van der Waals surface area contributed by atoms with Crippen molar-refractivity contribution >= 4 is 5.69 Å². The van der Waals surface area contributed by atoms with E-state index in [-0.39, 0.29) is 0 Å². The molecule has 1 fully saturated rings. The van der Waals surface area contributed by atoms with Crippen LogP contribution in [0, 0.1) is 17.8 Å². The van der Waals surface area contributed by atoms with Crippen molar-refractivity contribution in [2.75, 3.05) is 5.73 Å². The predicted octanol–water partition coefficient (Wildman–Crippen LogP) is 1.78. The standard InChI is InChI=1S/C13H15NO/c1-13(15,11-5-6-11)8-7-10-3-2-4-12(14)9-10/h2-4,9,11,15H,5-6,14H2,1H3. The number of benzene rings is 1. The Labute approximate surface area is 90.1 Å². The molecule has 2 heteroatoms. The summed E-state index contributed by atoms with van der Waals surface area (Å²) in [5.74, 6) is 6.23. The molecule has 0 aromatic heterocycles. The number of anilines is 1. The largest absolute Gasteiger partial charge is 0.399 e. The van der Waals surface area contributed by atoms with Gasteiger partial charge in [0.1, 0.15) is 5.60 Å². The van der Waals surface area contributed by atoms with Gasteiger partial charge < -0.3 is 10.8 Å². The molecule has 78 valence electrons. The van der Waals surface area contributed by atoms with Crippen LogP contribution in [0.25, 0.3) is 0 Å². The summed E-state index contributed by atoms with van der Waals surface area (Å²) >= 11 is 0. The van der Waals surface area contributed by atoms with E-state index in [0.717, 1.165) is 18.4 Å². The minimum atomic E-state index is -0.843. The molecular formula is C13H15NO. The van der Waals surface area contributed by atoms with Crippen LogP contribution in [0.5, 0.6) is 0 Å². The molecule has 0 saturated heterocycles. The highest BCUT2D eigenvalue weighted by Crippen LogP contribution is 2.39. The molecule has 1 unspecified atom stereocenters. The number of hydrogen-bond donors (Lipinski definition) is 2. The van der Waals surface area contributed by atoms with Crippen LogP contribution >= 0.6 is 0 Å². The Morgan fingerprint density at radius 1 is 1.47 bits per heavy atom. The number of nitrogen functional groups attached to an aromatic ring is 1. The normalized spacial score (nSPS) is 18.8. The zero-order valence-electron chi connectivity index (χ0n) is 8.83. The third-order valence-corrected chi connectivity index (χ3v) is 2.72. The van der Waals surface area contributed by atoms with Crippen LogP contribution in [-0.4, -0.2) is 10.7 Å². The summed E-state index contributed by atoms with van der Waals surface area (Å²) in [4.78, 5) is 0. The molecule has 1 aromatic carbocycles. The van der Waals surface area contributed by atoms with Crippen LogP contribution in [0.15, 0.2) is 24.3 Å². The van der Waals surface area contributed by atoms with Crippen molar-refractivity contribution in [1.29, 1.82) is 0 Å². The molecule has 1 aliphatic rings. The van der Waals surface area contributed by atoms with Gasteiger partial charge in [0.15, 0.2) is 0 Å². The van der Waals surface area contributed by atoms with Gasteiger partial charge in [0.25, 0.3) is 0 Å². The van der Waals surface area contributed by atoms with Gasteiger partial charge in [-0.25, -0.2) is 0 Å². The minimum Gasteiger partial charge on any atom is -0.399 e. The summed E-state index contributed by atoms with van der Waals surface area (Å²) in [6.07, 6.45) is 2.16. The van der Waals surface area contributed by atoms with E-state index in [9.17, 15) is 5.11 Å². The zero-order chi connectivity index (χ0) is 10.9. The van der Waals surface area contributed by atoms with Crippen LogP contribution in [0.3, 0.4) is 0 Å². The van der Waals surface area contributed by atoms with Crippen molar-refractivity contribution in [3.8, 4) is 11.8 Å². The third-order valence-electron chi connectivity index (χ3n) is 2.72. The van der Waals surface area contributed by atoms with E-state index in [1.165, 1.54) is 0 Å². The fourth-order valence-electron chi connectivity index (χ4n) is 1.56.